The van der Waals surface area contributed by atoms with E-state index >= 15 is 0 Å². The smallest absolute Gasteiger partial charge is 0.0685 e. The van der Waals surface area contributed by atoms with Gasteiger partial charge in [-0.2, -0.15) is 0 Å². The Morgan fingerprint density at radius 3 is 2.64 bits per heavy atom. The first-order valence-electron chi connectivity index (χ1n) is 4.95. The van der Waals surface area contributed by atoms with Crippen LogP contribution in [0.3, 0.4) is 0 Å². The van der Waals surface area contributed by atoms with E-state index in [0.717, 1.165) is 12.5 Å². The van der Waals surface area contributed by atoms with Gasteiger partial charge in [0.1, 0.15) is 0 Å². The highest BCUT2D eigenvalue weighted by Crippen LogP contribution is 2.41. The summed E-state index contributed by atoms with van der Waals surface area (Å²) in [7, 11) is 0. The lowest BCUT2D eigenvalue weighted by Crippen LogP contribution is -2.36. The maximum absolute atomic E-state index is 5.90. The van der Waals surface area contributed by atoms with Crippen LogP contribution < -0.4 is 0 Å². The van der Waals surface area contributed by atoms with Crippen LogP contribution >= 0.6 is 0 Å². The monoisotopic (exact) mass is 154 g/mol. The Balaban J connectivity index is 2.00. The summed E-state index contributed by atoms with van der Waals surface area (Å²) in [6.45, 7) is 3.38. The van der Waals surface area contributed by atoms with Crippen LogP contribution in [-0.4, -0.2) is 12.2 Å². The largest absolute Gasteiger partial charge is 0.375 e. The molecule has 1 atom stereocenters. The van der Waals surface area contributed by atoms with Crippen molar-refractivity contribution in [3.05, 3.63) is 0 Å². The Morgan fingerprint density at radius 2 is 2.00 bits per heavy atom. The topological polar surface area (TPSA) is 9.23 Å². The van der Waals surface area contributed by atoms with Gasteiger partial charge in [0.25, 0.3) is 0 Å². The van der Waals surface area contributed by atoms with Crippen LogP contribution in [0.25, 0.3) is 0 Å². The zero-order chi connectivity index (χ0) is 7.73. The van der Waals surface area contributed by atoms with Crippen molar-refractivity contribution in [3.8, 4) is 0 Å². The molecule has 0 aromatic heterocycles. The van der Waals surface area contributed by atoms with Crippen molar-refractivity contribution < 1.29 is 4.74 Å². The average molecular weight is 154 g/mol. The highest BCUT2D eigenvalue weighted by Gasteiger charge is 2.38. The van der Waals surface area contributed by atoms with Crippen molar-refractivity contribution in [1.82, 2.24) is 0 Å². The fraction of sp³-hybridized carbons (Fsp3) is 1.00. The van der Waals surface area contributed by atoms with Crippen LogP contribution in [0.1, 0.15) is 45.4 Å². The van der Waals surface area contributed by atoms with Gasteiger partial charge >= 0.3 is 0 Å². The molecule has 0 bridgehead atoms. The minimum Gasteiger partial charge on any atom is -0.375 e. The molecule has 2 aliphatic rings. The Labute approximate surface area is 69.1 Å². The third-order valence-electron chi connectivity index (χ3n) is 3.25. The molecular formula is C10H18O. The first-order valence-corrected chi connectivity index (χ1v) is 4.95. The van der Waals surface area contributed by atoms with Crippen LogP contribution in [0.4, 0.5) is 0 Å². The molecule has 0 amide bonds. The molecule has 0 radical (unpaired) electrons. The fourth-order valence-corrected chi connectivity index (χ4v) is 2.64. The summed E-state index contributed by atoms with van der Waals surface area (Å²) in [6.07, 6.45) is 8.06. The van der Waals surface area contributed by atoms with Crippen LogP contribution in [0.2, 0.25) is 0 Å². The highest BCUT2D eigenvalue weighted by atomic mass is 16.5. The summed E-state index contributed by atoms with van der Waals surface area (Å²) < 4.78 is 5.90. The molecule has 1 aliphatic heterocycles. The van der Waals surface area contributed by atoms with E-state index in [2.05, 4.69) is 6.92 Å². The molecule has 1 saturated carbocycles. The Bertz CT molecular complexity index is 136. The molecule has 1 saturated heterocycles. The molecule has 2 fully saturated rings. The van der Waals surface area contributed by atoms with E-state index < -0.39 is 0 Å². The number of rotatable bonds is 0. The molecule has 1 unspecified atom stereocenters. The van der Waals surface area contributed by atoms with E-state index in [-0.39, 0.29) is 0 Å². The summed E-state index contributed by atoms with van der Waals surface area (Å²) in [4.78, 5) is 0. The van der Waals surface area contributed by atoms with Gasteiger partial charge in [0, 0.05) is 6.61 Å². The van der Waals surface area contributed by atoms with Crippen LogP contribution in [0, 0.1) is 5.92 Å². The van der Waals surface area contributed by atoms with E-state index in [9.17, 15) is 0 Å². The SMILES string of the molecule is CC1CCOC2(CCCC2)C1. The second kappa shape index (κ2) is 2.78. The van der Waals surface area contributed by atoms with Crippen molar-refractivity contribution >= 4 is 0 Å². The van der Waals surface area contributed by atoms with Crippen molar-refractivity contribution in [2.75, 3.05) is 6.61 Å². The lowest BCUT2D eigenvalue weighted by Gasteiger charge is -2.36. The quantitative estimate of drug-likeness (QED) is 0.521. The standard InChI is InChI=1S/C10H18O/c1-9-4-7-11-10(8-9)5-2-3-6-10/h9H,2-8H2,1H3. The summed E-state index contributed by atoms with van der Waals surface area (Å²) in [5, 5.41) is 0. The third-order valence-corrected chi connectivity index (χ3v) is 3.25. The second-order valence-corrected chi connectivity index (χ2v) is 4.34. The van der Waals surface area contributed by atoms with Gasteiger partial charge in [-0.1, -0.05) is 19.8 Å². The van der Waals surface area contributed by atoms with Gasteiger partial charge in [0.15, 0.2) is 0 Å². The van der Waals surface area contributed by atoms with E-state index in [1.807, 2.05) is 0 Å². The van der Waals surface area contributed by atoms with Gasteiger partial charge in [-0.15, -0.1) is 0 Å². The molecule has 0 aromatic carbocycles. The van der Waals surface area contributed by atoms with Gasteiger partial charge in [-0.25, -0.2) is 0 Å². The maximum Gasteiger partial charge on any atom is 0.0685 e. The molecule has 1 nitrogen and oxygen atoms in total. The van der Waals surface area contributed by atoms with E-state index in [4.69, 9.17) is 4.74 Å². The molecule has 1 heteroatoms. The molecule has 2 rings (SSSR count). The first-order chi connectivity index (χ1) is 5.31. The summed E-state index contributed by atoms with van der Waals surface area (Å²) >= 11 is 0. The highest BCUT2D eigenvalue weighted by molar-refractivity contribution is 4.90. The van der Waals surface area contributed by atoms with Crippen molar-refractivity contribution in [3.63, 3.8) is 0 Å². The average Bonchev–Trinajstić information content (AvgIpc) is 2.37. The van der Waals surface area contributed by atoms with Gasteiger partial charge < -0.3 is 4.74 Å². The Kier molecular flexibility index (Phi) is 1.92. The molecular weight excluding hydrogens is 136 g/mol. The van der Waals surface area contributed by atoms with Gasteiger partial charge in [0.2, 0.25) is 0 Å². The second-order valence-electron chi connectivity index (χ2n) is 4.34. The van der Waals surface area contributed by atoms with Gasteiger partial charge in [-0.05, 0) is 31.6 Å². The van der Waals surface area contributed by atoms with Crippen LogP contribution in [-0.2, 0) is 4.74 Å². The molecule has 1 aliphatic carbocycles. The summed E-state index contributed by atoms with van der Waals surface area (Å²) in [6, 6.07) is 0. The maximum atomic E-state index is 5.90. The summed E-state index contributed by atoms with van der Waals surface area (Å²) in [5.41, 5.74) is 0.345. The minimum atomic E-state index is 0.345. The molecule has 11 heavy (non-hydrogen) atoms. The van der Waals surface area contributed by atoms with E-state index in [0.29, 0.717) is 5.60 Å². The number of ether oxygens (including phenoxy) is 1. The number of hydrogen-bond donors (Lipinski definition) is 0. The van der Waals surface area contributed by atoms with Crippen LogP contribution in [0.5, 0.6) is 0 Å². The Morgan fingerprint density at radius 1 is 1.27 bits per heavy atom. The molecule has 1 spiro atoms. The van der Waals surface area contributed by atoms with Gasteiger partial charge in [0.05, 0.1) is 5.60 Å². The van der Waals surface area contributed by atoms with E-state index in [1.54, 1.807) is 0 Å². The molecule has 0 aromatic rings. The van der Waals surface area contributed by atoms with Crippen molar-refractivity contribution in [1.29, 1.82) is 0 Å². The molecule has 64 valence electrons. The van der Waals surface area contributed by atoms with Crippen molar-refractivity contribution in [2.45, 2.75) is 51.0 Å². The summed E-state index contributed by atoms with van der Waals surface area (Å²) in [5.74, 6) is 0.904. The lowest BCUT2D eigenvalue weighted by atomic mass is 9.86. The zero-order valence-electron chi connectivity index (χ0n) is 7.44. The fourth-order valence-electron chi connectivity index (χ4n) is 2.64. The molecule has 0 N–H and O–H groups in total. The predicted octanol–water partition coefficient (Wildman–Crippen LogP) is 2.75. The normalized spacial score (nSPS) is 36.3. The van der Waals surface area contributed by atoms with Crippen molar-refractivity contribution in [2.24, 2.45) is 5.92 Å². The zero-order valence-corrected chi connectivity index (χ0v) is 7.44. The minimum absolute atomic E-state index is 0.345. The van der Waals surface area contributed by atoms with Gasteiger partial charge in [-0.3, -0.25) is 0 Å². The Hall–Kier alpha value is -0.0400. The van der Waals surface area contributed by atoms with Crippen LogP contribution in [0.15, 0.2) is 0 Å². The predicted molar refractivity (Wildman–Crippen MR) is 45.5 cm³/mol. The lowest BCUT2D eigenvalue weighted by molar-refractivity contribution is -0.0896. The van der Waals surface area contributed by atoms with E-state index in [1.165, 1.54) is 38.5 Å². The first kappa shape index (κ1) is 7.60. The third kappa shape index (κ3) is 1.44. The number of hydrogen-bond acceptors (Lipinski definition) is 1. The molecule has 1 heterocycles.